The number of hydrogen-bond acceptors (Lipinski definition) is 3. The van der Waals surface area contributed by atoms with Gasteiger partial charge in [-0.1, -0.05) is 12.1 Å². The van der Waals surface area contributed by atoms with Gasteiger partial charge in [-0.15, -0.1) is 0 Å². The van der Waals surface area contributed by atoms with Crippen LogP contribution in [0.1, 0.15) is 0 Å². The zero-order chi connectivity index (χ0) is 11.8. The van der Waals surface area contributed by atoms with Crippen molar-refractivity contribution in [2.75, 3.05) is 0 Å². The van der Waals surface area contributed by atoms with Gasteiger partial charge in [0, 0.05) is 18.8 Å². The summed E-state index contributed by atoms with van der Waals surface area (Å²) < 4.78 is 1.74. The van der Waals surface area contributed by atoms with Crippen molar-refractivity contribution >= 4 is 10.9 Å². The van der Waals surface area contributed by atoms with Crippen LogP contribution in [0.15, 0.2) is 41.6 Å². The normalized spacial score (nSPS) is 10.9. The summed E-state index contributed by atoms with van der Waals surface area (Å²) in [6.07, 6.45) is 3.12. The maximum absolute atomic E-state index is 11.9. The molecule has 0 amide bonds. The van der Waals surface area contributed by atoms with Crippen molar-refractivity contribution in [1.29, 1.82) is 0 Å². The van der Waals surface area contributed by atoms with E-state index in [4.69, 9.17) is 0 Å². The van der Waals surface area contributed by atoms with Crippen LogP contribution in [-0.4, -0.2) is 19.7 Å². The van der Waals surface area contributed by atoms with E-state index in [2.05, 4.69) is 15.1 Å². The maximum atomic E-state index is 11.9. The van der Waals surface area contributed by atoms with Gasteiger partial charge in [0.25, 0.3) is 5.56 Å². The number of rotatable bonds is 1. The molecule has 3 aromatic rings. The lowest BCUT2D eigenvalue weighted by atomic mass is 10.1. The molecule has 0 aliphatic rings. The van der Waals surface area contributed by atoms with Gasteiger partial charge < -0.3 is 4.98 Å². The second-order valence-corrected chi connectivity index (χ2v) is 3.77. The highest BCUT2D eigenvalue weighted by molar-refractivity contribution is 5.92. The largest absolute Gasteiger partial charge is 0.313 e. The number of nitrogens with one attached hydrogen (secondary N) is 1. The predicted molar refractivity (Wildman–Crippen MR) is 64.6 cm³/mol. The highest BCUT2D eigenvalue weighted by Gasteiger charge is 2.10. The van der Waals surface area contributed by atoms with Crippen LogP contribution in [0, 0.1) is 0 Å². The number of aromatic nitrogens is 4. The number of hydrogen-bond donors (Lipinski definition) is 1. The number of fused-ring (bicyclic) bond motifs is 1. The van der Waals surface area contributed by atoms with Crippen LogP contribution in [0.3, 0.4) is 0 Å². The average molecular weight is 226 g/mol. The molecule has 0 aliphatic heterocycles. The monoisotopic (exact) mass is 226 g/mol. The Kier molecular flexibility index (Phi) is 2.04. The van der Waals surface area contributed by atoms with E-state index in [0.717, 1.165) is 11.3 Å². The van der Waals surface area contributed by atoms with Gasteiger partial charge in [0.15, 0.2) is 0 Å². The van der Waals surface area contributed by atoms with E-state index in [1.165, 1.54) is 6.33 Å². The molecular weight excluding hydrogens is 216 g/mol. The fourth-order valence-electron chi connectivity index (χ4n) is 1.97. The maximum Gasteiger partial charge on any atom is 0.259 e. The van der Waals surface area contributed by atoms with Crippen molar-refractivity contribution in [3.8, 4) is 11.3 Å². The molecule has 5 heteroatoms. The molecule has 2 aromatic heterocycles. The Morgan fingerprint density at radius 2 is 2.18 bits per heavy atom. The number of nitrogens with zero attached hydrogens (tertiary/aromatic N) is 3. The van der Waals surface area contributed by atoms with Crippen LogP contribution in [0.25, 0.3) is 22.2 Å². The van der Waals surface area contributed by atoms with E-state index in [9.17, 15) is 4.79 Å². The lowest BCUT2D eigenvalue weighted by Crippen LogP contribution is -2.08. The van der Waals surface area contributed by atoms with E-state index >= 15 is 0 Å². The van der Waals surface area contributed by atoms with Crippen molar-refractivity contribution in [2.24, 2.45) is 7.05 Å². The fourth-order valence-corrected chi connectivity index (χ4v) is 1.97. The summed E-state index contributed by atoms with van der Waals surface area (Å²) in [5.74, 6) is 0. The van der Waals surface area contributed by atoms with Crippen LogP contribution < -0.4 is 5.56 Å². The number of benzene rings is 1. The summed E-state index contributed by atoms with van der Waals surface area (Å²) in [7, 11) is 1.85. The Labute approximate surface area is 96.7 Å². The smallest absolute Gasteiger partial charge is 0.259 e. The molecule has 0 fully saturated rings. The van der Waals surface area contributed by atoms with Crippen molar-refractivity contribution < 1.29 is 0 Å². The van der Waals surface area contributed by atoms with E-state index in [1.54, 1.807) is 10.9 Å². The standard InChI is InChI=1S/C12H10N4O/c1-16-10(5-6-15-16)8-3-2-4-9-11(8)12(17)14-7-13-9/h2-7H,1H3,(H,13,14,17). The Morgan fingerprint density at radius 1 is 1.29 bits per heavy atom. The Bertz CT molecular complexity index is 736. The average Bonchev–Trinajstić information content (AvgIpc) is 2.75. The summed E-state index contributed by atoms with van der Waals surface area (Å²) in [6, 6.07) is 7.49. The van der Waals surface area contributed by atoms with Gasteiger partial charge in [-0.2, -0.15) is 5.10 Å². The highest BCUT2D eigenvalue weighted by atomic mass is 16.1. The molecule has 0 unspecified atom stereocenters. The third-order valence-corrected chi connectivity index (χ3v) is 2.77. The van der Waals surface area contributed by atoms with Crippen LogP contribution in [0.2, 0.25) is 0 Å². The molecule has 0 spiro atoms. The molecule has 0 saturated heterocycles. The first-order valence-corrected chi connectivity index (χ1v) is 5.22. The lowest BCUT2D eigenvalue weighted by molar-refractivity contribution is 0.776. The van der Waals surface area contributed by atoms with Gasteiger partial charge in [-0.3, -0.25) is 9.48 Å². The summed E-state index contributed by atoms with van der Waals surface area (Å²) in [4.78, 5) is 18.6. The molecule has 2 heterocycles. The topological polar surface area (TPSA) is 63.6 Å². The highest BCUT2D eigenvalue weighted by Crippen LogP contribution is 2.23. The van der Waals surface area contributed by atoms with E-state index in [-0.39, 0.29) is 5.56 Å². The number of aryl methyl sites for hydroxylation is 1. The third-order valence-electron chi connectivity index (χ3n) is 2.77. The van der Waals surface area contributed by atoms with Crippen LogP contribution >= 0.6 is 0 Å². The Hall–Kier alpha value is -2.43. The molecule has 5 nitrogen and oxygen atoms in total. The molecule has 0 atom stereocenters. The molecule has 0 aliphatic carbocycles. The molecule has 0 saturated carbocycles. The quantitative estimate of drug-likeness (QED) is 0.680. The second-order valence-electron chi connectivity index (χ2n) is 3.77. The molecule has 1 N–H and O–H groups in total. The minimum atomic E-state index is -0.133. The molecular formula is C12H10N4O. The van der Waals surface area contributed by atoms with Gasteiger partial charge in [0.05, 0.1) is 22.9 Å². The zero-order valence-corrected chi connectivity index (χ0v) is 9.21. The first-order valence-electron chi connectivity index (χ1n) is 5.22. The van der Waals surface area contributed by atoms with Gasteiger partial charge in [0.2, 0.25) is 0 Å². The Morgan fingerprint density at radius 3 is 2.94 bits per heavy atom. The summed E-state index contributed by atoms with van der Waals surface area (Å²) >= 11 is 0. The lowest BCUT2D eigenvalue weighted by Gasteiger charge is -2.05. The van der Waals surface area contributed by atoms with Crippen LogP contribution in [-0.2, 0) is 7.05 Å². The van der Waals surface area contributed by atoms with Gasteiger partial charge in [0.1, 0.15) is 0 Å². The molecule has 84 valence electrons. The second kappa shape index (κ2) is 3.55. The molecule has 0 bridgehead atoms. The van der Waals surface area contributed by atoms with Gasteiger partial charge >= 0.3 is 0 Å². The third kappa shape index (κ3) is 1.44. The van der Waals surface area contributed by atoms with Crippen molar-refractivity contribution in [3.05, 3.63) is 47.1 Å². The molecule has 17 heavy (non-hydrogen) atoms. The van der Waals surface area contributed by atoms with Crippen molar-refractivity contribution in [3.63, 3.8) is 0 Å². The molecule has 0 radical (unpaired) electrons. The first kappa shape index (κ1) is 9.77. The van der Waals surface area contributed by atoms with Crippen LogP contribution in [0.5, 0.6) is 0 Å². The predicted octanol–water partition coefficient (Wildman–Crippen LogP) is 1.32. The van der Waals surface area contributed by atoms with Crippen molar-refractivity contribution in [1.82, 2.24) is 19.7 Å². The summed E-state index contributed by atoms with van der Waals surface area (Å²) in [5, 5.41) is 4.71. The Balaban J connectivity index is 2.46. The number of aromatic amines is 1. The summed E-state index contributed by atoms with van der Waals surface area (Å²) in [5.41, 5.74) is 2.30. The van der Waals surface area contributed by atoms with Gasteiger partial charge in [-0.25, -0.2) is 4.98 Å². The number of H-pyrrole nitrogens is 1. The van der Waals surface area contributed by atoms with E-state index < -0.39 is 0 Å². The van der Waals surface area contributed by atoms with Crippen LogP contribution in [0.4, 0.5) is 0 Å². The fraction of sp³-hybridized carbons (Fsp3) is 0.0833. The zero-order valence-electron chi connectivity index (χ0n) is 9.21. The first-order chi connectivity index (χ1) is 8.27. The SMILES string of the molecule is Cn1nccc1-c1cccc2nc[nH]c(=O)c12. The minimum absolute atomic E-state index is 0.133. The van der Waals surface area contributed by atoms with E-state index in [1.807, 2.05) is 31.3 Å². The summed E-state index contributed by atoms with van der Waals surface area (Å²) in [6.45, 7) is 0. The minimum Gasteiger partial charge on any atom is -0.313 e. The molecule has 1 aromatic carbocycles. The van der Waals surface area contributed by atoms with E-state index in [0.29, 0.717) is 10.9 Å². The van der Waals surface area contributed by atoms with Crippen molar-refractivity contribution in [2.45, 2.75) is 0 Å². The van der Waals surface area contributed by atoms with Gasteiger partial charge in [-0.05, 0) is 12.1 Å². The molecule has 3 rings (SSSR count).